The number of anilines is 1. The molecule has 1 aliphatic rings. The van der Waals surface area contributed by atoms with E-state index in [4.69, 9.17) is 4.52 Å². The highest BCUT2D eigenvalue weighted by Gasteiger charge is 2.38. The lowest BCUT2D eigenvalue weighted by atomic mass is 9.85. The van der Waals surface area contributed by atoms with E-state index >= 15 is 0 Å². The van der Waals surface area contributed by atoms with Crippen LogP contribution in [0.1, 0.15) is 73.8 Å². The Bertz CT molecular complexity index is 1000. The van der Waals surface area contributed by atoms with Gasteiger partial charge in [0.2, 0.25) is 5.89 Å². The van der Waals surface area contributed by atoms with E-state index in [9.17, 15) is 31.1 Å². The lowest BCUT2D eigenvalue weighted by molar-refractivity contribution is -0.143. The summed E-state index contributed by atoms with van der Waals surface area (Å²) in [5.41, 5.74) is -3.97. The van der Waals surface area contributed by atoms with E-state index in [-0.39, 0.29) is 23.4 Å². The van der Waals surface area contributed by atoms with Crippen molar-refractivity contribution in [3.8, 4) is 0 Å². The third-order valence-electron chi connectivity index (χ3n) is 5.96. The third kappa shape index (κ3) is 6.88. The molecule has 0 spiro atoms. The maximum Gasteiger partial charge on any atom is 0.416 e. The molecule has 35 heavy (non-hydrogen) atoms. The third-order valence-corrected chi connectivity index (χ3v) is 5.96. The molecule has 194 valence electrons. The van der Waals surface area contributed by atoms with Crippen molar-refractivity contribution in [2.75, 3.05) is 18.5 Å². The number of nitrogens with zero attached hydrogens (tertiary/aromatic N) is 3. The summed E-state index contributed by atoms with van der Waals surface area (Å²) < 4.78 is 83.7. The molecule has 1 amide bonds. The maximum absolute atomic E-state index is 13.1. The number of alkyl halides is 6. The van der Waals surface area contributed by atoms with Gasteiger partial charge in [-0.15, -0.1) is 0 Å². The Balaban J connectivity index is 1.59. The molecule has 0 unspecified atom stereocenters. The second-order valence-electron chi connectivity index (χ2n) is 10.0. The molecule has 0 atom stereocenters. The van der Waals surface area contributed by atoms with Crippen LogP contribution in [0.2, 0.25) is 0 Å². The highest BCUT2D eigenvalue weighted by molar-refractivity contribution is 5.94. The quantitative estimate of drug-likeness (QED) is 0.517. The van der Waals surface area contributed by atoms with Crippen LogP contribution in [0.3, 0.4) is 0 Å². The molecule has 0 bridgehead atoms. The second-order valence-corrected chi connectivity index (χ2v) is 10.0. The first-order valence-corrected chi connectivity index (χ1v) is 11.2. The summed E-state index contributed by atoms with van der Waals surface area (Å²) in [6, 6.07) is 0.557. The van der Waals surface area contributed by atoms with E-state index in [0.717, 1.165) is 12.8 Å². The maximum atomic E-state index is 13.1. The normalized spacial score (nSPS) is 19.5. The van der Waals surface area contributed by atoms with Crippen molar-refractivity contribution >= 4 is 11.9 Å². The predicted molar refractivity (Wildman–Crippen MR) is 116 cm³/mol. The Morgan fingerprint density at radius 1 is 1.00 bits per heavy atom. The summed E-state index contributed by atoms with van der Waals surface area (Å²) >= 11 is 0. The van der Waals surface area contributed by atoms with Crippen LogP contribution < -0.4 is 10.2 Å². The van der Waals surface area contributed by atoms with Crippen LogP contribution in [0.15, 0.2) is 22.7 Å². The number of halogens is 6. The Hall–Kier alpha value is -2.79. The molecule has 6 nitrogen and oxygen atoms in total. The highest BCUT2D eigenvalue weighted by Crippen LogP contribution is 2.36. The number of carbonyl (C=O) groups is 1. The number of rotatable bonds is 5. The summed E-state index contributed by atoms with van der Waals surface area (Å²) in [5.74, 6) is 0.295. The largest absolute Gasteiger partial charge is 0.416 e. The van der Waals surface area contributed by atoms with Gasteiger partial charge in [-0.2, -0.15) is 31.3 Å². The smallest absolute Gasteiger partial charge is 0.349 e. The molecule has 1 aliphatic carbocycles. The number of carbonyl (C=O) groups excluding carboxylic acids is 1. The molecule has 1 aromatic carbocycles. The van der Waals surface area contributed by atoms with Gasteiger partial charge in [-0.25, -0.2) is 0 Å². The monoisotopic (exact) mass is 506 g/mol. The zero-order valence-electron chi connectivity index (χ0n) is 19.8. The molecule has 0 saturated heterocycles. The average Bonchev–Trinajstić information content (AvgIpc) is 3.25. The van der Waals surface area contributed by atoms with Crippen molar-refractivity contribution in [3.63, 3.8) is 0 Å². The number of amides is 1. The van der Waals surface area contributed by atoms with Gasteiger partial charge in [0, 0.05) is 30.6 Å². The SMILES string of the molecule is CN(C[C@H]1CC[C@H](NC(=O)c2cc(C(F)(F)F)cc(C(F)(F)F)c2)CC1)c1noc(C(C)(C)C)n1. The van der Waals surface area contributed by atoms with Crippen molar-refractivity contribution in [2.24, 2.45) is 5.92 Å². The first-order chi connectivity index (χ1) is 16.0. The van der Waals surface area contributed by atoms with Crippen LogP contribution in [0, 0.1) is 5.92 Å². The van der Waals surface area contributed by atoms with Crippen molar-refractivity contribution in [1.29, 1.82) is 0 Å². The Labute approximate surface area is 199 Å². The predicted octanol–water partition coefficient (Wildman–Crippen LogP) is 5.83. The van der Waals surface area contributed by atoms with Gasteiger partial charge in [0.15, 0.2) is 0 Å². The number of hydrogen-bond donors (Lipinski definition) is 1. The molecule has 1 aromatic heterocycles. The Kier molecular flexibility index (Phi) is 7.42. The fourth-order valence-electron chi connectivity index (χ4n) is 3.99. The van der Waals surface area contributed by atoms with Gasteiger partial charge in [-0.1, -0.05) is 20.8 Å². The first-order valence-electron chi connectivity index (χ1n) is 11.2. The van der Waals surface area contributed by atoms with Gasteiger partial charge >= 0.3 is 12.4 Å². The summed E-state index contributed by atoms with van der Waals surface area (Å²) in [6.45, 7) is 6.53. The average molecular weight is 506 g/mol. The number of aromatic nitrogens is 2. The Morgan fingerprint density at radius 2 is 1.54 bits per heavy atom. The van der Waals surface area contributed by atoms with E-state index in [1.807, 2.05) is 32.7 Å². The van der Waals surface area contributed by atoms with Gasteiger partial charge in [0.1, 0.15) is 0 Å². The van der Waals surface area contributed by atoms with E-state index in [1.54, 1.807) is 0 Å². The van der Waals surface area contributed by atoms with E-state index in [1.165, 1.54) is 0 Å². The fourth-order valence-corrected chi connectivity index (χ4v) is 3.99. The lowest BCUT2D eigenvalue weighted by Gasteiger charge is -2.31. The molecule has 1 heterocycles. The minimum absolute atomic E-state index is 0.00661. The minimum atomic E-state index is -5.01. The number of nitrogens with one attached hydrogen (secondary N) is 1. The number of hydrogen-bond acceptors (Lipinski definition) is 5. The molecular formula is C23H28F6N4O2. The van der Waals surface area contributed by atoms with Crippen molar-refractivity contribution in [3.05, 3.63) is 40.8 Å². The van der Waals surface area contributed by atoms with Gasteiger partial charge < -0.3 is 14.7 Å². The molecule has 3 rings (SSSR count). The molecule has 2 aromatic rings. The molecule has 12 heteroatoms. The van der Waals surface area contributed by atoms with Gasteiger partial charge in [0.25, 0.3) is 11.9 Å². The number of benzene rings is 1. The second kappa shape index (κ2) is 9.69. The Morgan fingerprint density at radius 3 is 2.00 bits per heavy atom. The van der Waals surface area contributed by atoms with Crippen LogP contribution in [-0.2, 0) is 17.8 Å². The topological polar surface area (TPSA) is 71.3 Å². The van der Waals surface area contributed by atoms with E-state index in [2.05, 4.69) is 15.5 Å². The van der Waals surface area contributed by atoms with Crippen molar-refractivity contribution in [1.82, 2.24) is 15.5 Å². The minimum Gasteiger partial charge on any atom is -0.349 e. The van der Waals surface area contributed by atoms with E-state index in [0.29, 0.717) is 43.4 Å². The lowest BCUT2D eigenvalue weighted by Crippen LogP contribution is -2.39. The summed E-state index contributed by atoms with van der Waals surface area (Å²) in [6.07, 6.45) is -7.48. The molecule has 1 fully saturated rings. The van der Waals surface area contributed by atoms with Crippen molar-refractivity contribution in [2.45, 2.75) is 70.3 Å². The van der Waals surface area contributed by atoms with Gasteiger partial charge in [-0.3, -0.25) is 4.79 Å². The summed E-state index contributed by atoms with van der Waals surface area (Å²) in [4.78, 5) is 18.8. The van der Waals surface area contributed by atoms with Crippen LogP contribution >= 0.6 is 0 Å². The molecule has 0 radical (unpaired) electrons. The van der Waals surface area contributed by atoms with Crippen LogP contribution in [0.5, 0.6) is 0 Å². The fraction of sp³-hybridized carbons (Fsp3) is 0.609. The molecule has 1 saturated carbocycles. The molecular weight excluding hydrogens is 478 g/mol. The summed E-state index contributed by atoms with van der Waals surface area (Å²) in [7, 11) is 1.84. The molecule has 0 aliphatic heterocycles. The summed E-state index contributed by atoms with van der Waals surface area (Å²) in [5, 5.41) is 6.60. The zero-order chi connectivity index (χ0) is 26.2. The standard InChI is InChI=1S/C23H28F6N4O2/c1-21(2,3)19-31-20(32-35-19)33(4)12-13-5-7-17(8-6-13)30-18(34)14-9-15(22(24,25)26)11-16(10-14)23(27,28)29/h9-11,13,17H,5-8,12H2,1-4H3,(H,30,34)/t13-,17-. The molecule has 1 N–H and O–H groups in total. The van der Waals surface area contributed by atoms with Crippen LogP contribution in [0.4, 0.5) is 32.3 Å². The zero-order valence-corrected chi connectivity index (χ0v) is 19.8. The van der Waals surface area contributed by atoms with Gasteiger partial charge in [-0.05, 0) is 55.0 Å². The van der Waals surface area contributed by atoms with Crippen LogP contribution in [-0.4, -0.2) is 35.7 Å². The van der Waals surface area contributed by atoms with Gasteiger partial charge in [0.05, 0.1) is 11.1 Å². The van der Waals surface area contributed by atoms with Crippen LogP contribution in [0.25, 0.3) is 0 Å². The van der Waals surface area contributed by atoms with Crippen molar-refractivity contribution < 1.29 is 35.7 Å². The van der Waals surface area contributed by atoms with E-state index < -0.39 is 35.0 Å². The first kappa shape index (κ1) is 26.8. The highest BCUT2D eigenvalue weighted by atomic mass is 19.4.